The number of nitrogens with one attached hydrogen (secondary N) is 2. The zero-order valence-electron chi connectivity index (χ0n) is 12.3. The molecule has 2 atom stereocenters. The van der Waals surface area contributed by atoms with Gasteiger partial charge in [-0.1, -0.05) is 19.3 Å². The number of hydrogen-bond donors (Lipinski definition) is 2. The van der Waals surface area contributed by atoms with E-state index in [9.17, 15) is 4.79 Å². The molecule has 0 aromatic heterocycles. The summed E-state index contributed by atoms with van der Waals surface area (Å²) in [6.07, 6.45) is 10.1. The molecule has 0 aromatic rings. The molecule has 1 saturated carbocycles. The van der Waals surface area contributed by atoms with Gasteiger partial charge in [0.25, 0.3) is 0 Å². The first kappa shape index (κ1) is 16.1. The van der Waals surface area contributed by atoms with Crippen LogP contribution < -0.4 is 10.6 Å². The zero-order chi connectivity index (χ0) is 13.1. The lowest BCUT2D eigenvalue weighted by atomic mass is 9.95. The Bertz CT molecular complexity index is 320. The Hall–Kier alpha value is -0.320. The van der Waals surface area contributed by atoms with Gasteiger partial charge in [0.2, 0.25) is 5.91 Å². The summed E-state index contributed by atoms with van der Waals surface area (Å²) < 4.78 is 0. The van der Waals surface area contributed by atoms with Gasteiger partial charge in [-0.3, -0.25) is 9.69 Å². The molecule has 0 radical (unpaired) electrons. The van der Waals surface area contributed by atoms with Crippen LogP contribution in [0, 0.1) is 0 Å². The van der Waals surface area contributed by atoms with Crippen LogP contribution in [-0.4, -0.2) is 48.6 Å². The topological polar surface area (TPSA) is 44.4 Å². The zero-order valence-corrected chi connectivity index (χ0v) is 13.1. The maximum atomic E-state index is 12.1. The quantitative estimate of drug-likeness (QED) is 0.834. The Morgan fingerprint density at radius 3 is 2.60 bits per heavy atom. The average molecular weight is 302 g/mol. The number of carbonyl (C=O) groups excluding carboxylic acids is 1. The van der Waals surface area contributed by atoms with Crippen molar-refractivity contribution < 1.29 is 4.79 Å². The van der Waals surface area contributed by atoms with E-state index in [1.54, 1.807) is 0 Å². The minimum atomic E-state index is 0. The van der Waals surface area contributed by atoms with Crippen molar-refractivity contribution in [2.24, 2.45) is 0 Å². The third-order valence-electron chi connectivity index (χ3n) is 4.94. The van der Waals surface area contributed by atoms with E-state index in [1.165, 1.54) is 51.4 Å². The summed E-state index contributed by atoms with van der Waals surface area (Å²) >= 11 is 0. The Morgan fingerprint density at radius 1 is 1.05 bits per heavy atom. The second kappa shape index (κ2) is 7.62. The molecule has 2 bridgehead atoms. The molecular weight excluding hydrogens is 274 g/mol. The fourth-order valence-corrected chi connectivity index (χ4v) is 3.88. The summed E-state index contributed by atoms with van der Waals surface area (Å²) in [5, 5.41) is 6.89. The van der Waals surface area contributed by atoms with Crippen LogP contribution in [0.25, 0.3) is 0 Å². The maximum absolute atomic E-state index is 12.1. The third-order valence-corrected chi connectivity index (χ3v) is 4.94. The lowest BCUT2D eigenvalue weighted by Crippen LogP contribution is -2.45. The van der Waals surface area contributed by atoms with Gasteiger partial charge in [0.15, 0.2) is 0 Å². The van der Waals surface area contributed by atoms with E-state index in [1.807, 2.05) is 0 Å². The number of amides is 1. The van der Waals surface area contributed by atoms with E-state index in [4.69, 9.17) is 0 Å². The lowest BCUT2D eigenvalue weighted by molar-refractivity contribution is -0.123. The molecule has 116 valence electrons. The molecule has 4 nitrogen and oxygen atoms in total. The largest absolute Gasteiger partial charge is 0.352 e. The molecule has 5 heteroatoms. The van der Waals surface area contributed by atoms with Gasteiger partial charge in [0.05, 0.1) is 6.54 Å². The molecule has 2 saturated heterocycles. The van der Waals surface area contributed by atoms with Crippen molar-refractivity contribution in [1.29, 1.82) is 0 Å². The van der Waals surface area contributed by atoms with Crippen molar-refractivity contribution in [2.45, 2.75) is 69.5 Å². The van der Waals surface area contributed by atoms with Crippen molar-refractivity contribution in [1.82, 2.24) is 15.5 Å². The SMILES string of the molecule is Cl.O=C(CN1CCC2CCC(C1)N2)NC1CCCCC1. The molecule has 3 aliphatic rings. The smallest absolute Gasteiger partial charge is 0.234 e. The van der Waals surface area contributed by atoms with E-state index in [0.717, 1.165) is 13.1 Å². The molecule has 2 N–H and O–H groups in total. The minimum absolute atomic E-state index is 0. The van der Waals surface area contributed by atoms with Gasteiger partial charge in [-0.25, -0.2) is 0 Å². The second-order valence-corrected chi connectivity index (χ2v) is 6.56. The predicted octanol–water partition coefficient (Wildman–Crippen LogP) is 1.68. The summed E-state index contributed by atoms with van der Waals surface area (Å²) in [4.78, 5) is 14.5. The highest BCUT2D eigenvalue weighted by molar-refractivity contribution is 5.85. The summed E-state index contributed by atoms with van der Waals surface area (Å²) in [7, 11) is 0. The first-order valence-electron chi connectivity index (χ1n) is 8.07. The van der Waals surface area contributed by atoms with E-state index in [0.29, 0.717) is 24.7 Å². The van der Waals surface area contributed by atoms with Gasteiger partial charge in [0, 0.05) is 31.2 Å². The van der Waals surface area contributed by atoms with Gasteiger partial charge in [-0.05, 0) is 32.1 Å². The van der Waals surface area contributed by atoms with Crippen LogP contribution in [0.15, 0.2) is 0 Å². The van der Waals surface area contributed by atoms with Gasteiger partial charge in [-0.2, -0.15) is 0 Å². The monoisotopic (exact) mass is 301 g/mol. The van der Waals surface area contributed by atoms with Gasteiger partial charge < -0.3 is 10.6 Å². The highest BCUT2D eigenvalue weighted by atomic mass is 35.5. The average Bonchev–Trinajstić information content (AvgIpc) is 2.74. The molecular formula is C15H28ClN3O. The van der Waals surface area contributed by atoms with E-state index >= 15 is 0 Å². The van der Waals surface area contributed by atoms with Crippen LogP contribution in [0.2, 0.25) is 0 Å². The second-order valence-electron chi connectivity index (χ2n) is 6.56. The molecule has 20 heavy (non-hydrogen) atoms. The molecule has 3 rings (SSSR count). The first-order valence-corrected chi connectivity index (χ1v) is 8.07. The lowest BCUT2D eigenvalue weighted by Gasteiger charge is -2.26. The van der Waals surface area contributed by atoms with Crippen molar-refractivity contribution in [2.75, 3.05) is 19.6 Å². The van der Waals surface area contributed by atoms with E-state index in [2.05, 4.69) is 15.5 Å². The third kappa shape index (κ3) is 4.34. The summed E-state index contributed by atoms with van der Waals surface area (Å²) in [6, 6.07) is 1.77. The first-order chi connectivity index (χ1) is 9.29. The number of likely N-dealkylation sites (tertiary alicyclic amines) is 1. The van der Waals surface area contributed by atoms with Crippen LogP contribution in [0.4, 0.5) is 0 Å². The van der Waals surface area contributed by atoms with E-state index < -0.39 is 0 Å². The Morgan fingerprint density at radius 2 is 1.80 bits per heavy atom. The van der Waals surface area contributed by atoms with Gasteiger partial charge in [0.1, 0.15) is 0 Å². The predicted molar refractivity (Wildman–Crippen MR) is 83.3 cm³/mol. The van der Waals surface area contributed by atoms with Gasteiger partial charge >= 0.3 is 0 Å². The molecule has 2 unspecified atom stereocenters. The molecule has 0 spiro atoms. The van der Waals surface area contributed by atoms with Crippen LogP contribution in [-0.2, 0) is 4.79 Å². The Kier molecular flexibility index (Phi) is 6.12. The maximum Gasteiger partial charge on any atom is 0.234 e. The summed E-state index contributed by atoms with van der Waals surface area (Å²) in [5.74, 6) is 0.240. The molecule has 2 aliphatic heterocycles. The Balaban J connectivity index is 0.00000147. The van der Waals surface area contributed by atoms with Crippen LogP contribution in [0.1, 0.15) is 51.4 Å². The van der Waals surface area contributed by atoms with Gasteiger partial charge in [-0.15, -0.1) is 12.4 Å². The minimum Gasteiger partial charge on any atom is -0.352 e. The summed E-state index contributed by atoms with van der Waals surface area (Å²) in [6.45, 7) is 2.72. The fraction of sp³-hybridized carbons (Fsp3) is 0.933. The standard InChI is InChI=1S/C15H27N3O.ClH/c19-15(17-12-4-2-1-3-5-12)11-18-9-8-13-6-7-14(10-18)16-13;/h12-14,16H,1-11H2,(H,17,19);1H. The molecule has 1 aliphatic carbocycles. The number of rotatable bonds is 3. The number of hydrogen-bond acceptors (Lipinski definition) is 3. The number of fused-ring (bicyclic) bond motifs is 2. The molecule has 0 aromatic carbocycles. The van der Waals surface area contributed by atoms with Crippen molar-refractivity contribution >= 4 is 18.3 Å². The highest BCUT2D eigenvalue weighted by Gasteiger charge is 2.30. The van der Waals surface area contributed by atoms with Crippen LogP contribution >= 0.6 is 12.4 Å². The molecule has 1 amide bonds. The van der Waals surface area contributed by atoms with Crippen LogP contribution in [0.5, 0.6) is 0 Å². The van der Waals surface area contributed by atoms with Crippen molar-refractivity contribution in [3.8, 4) is 0 Å². The Labute approximate surface area is 128 Å². The molecule has 2 heterocycles. The van der Waals surface area contributed by atoms with E-state index in [-0.39, 0.29) is 18.3 Å². The number of carbonyl (C=O) groups is 1. The molecule has 3 fully saturated rings. The number of halogens is 1. The number of nitrogens with zero attached hydrogens (tertiary/aromatic N) is 1. The highest BCUT2D eigenvalue weighted by Crippen LogP contribution is 2.20. The van der Waals surface area contributed by atoms with Crippen molar-refractivity contribution in [3.05, 3.63) is 0 Å². The summed E-state index contributed by atoms with van der Waals surface area (Å²) in [5.41, 5.74) is 0. The fourth-order valence-electron chi connectivity index (χ4n) is 3.88. The van der Waals surface area contributed by atoms with Crippen LogP contribution in [0.3, 0.4) is 0 Å². The normalized spacial score (nSPS) is 31.4. The van der Waals surface area contributed by atoms with Crippen molar-refractivity contribution in [3.63, 3.8) is 0 Å².